The first kappa shape index (κ1) is 25.1. The second-order valence-corrected chi connectivity index (χ2v) is 22.0. The van der Waals surface area contributed by atoms with Crippen LogP contribution in [0.2, 0.25) is 51.9 Å². The molecule has 0 aromatic heterocycles. The van der Waals surface area contributed by atoms with Crippen LogP contribution in [0.5, 0.6) is 5.75 Å². The van der Waals surface area contributed by atoms with Gasteiger partial charge in [-0.3, -0.25) is 0 Å². The van der Waals surface area contributed by atoms with E-state index in [9.17, 15) is 4.79 Å². The number of benzene rings is 1. The van der Waals surface area contributed by atoms with Crippen LogP contribution in [0.3, 0.4) is 0 Å². The summed E-state index contributed by atoms with van der Waals surface area (Å²) in [6.45, 7) is 16.3. The average molecular weight is 443 g/mol. The van der Waals surface area contributed by atoms with Gasteiger partial charge < -0.3 is 18.1 Å². The summed E-state index contributed by atoms with van der Waals surface area (Å²) in [6, 6.07) is 7.73. The van der Waals surface area contributed by atoms with Gasteiger partial charge in [-0.1, -0.05) is 19.3 Å². The van der Waals surface area contributed by atoms with Crippen molar-refractivity contribution in [3.8, 4) is 5.75 Å². The summed E-state index contributed by atoms with van der Waals surface area (Å²) in [6.07, 6.45) is 4.49. The van der Waals surface area contributed by atoms with Crippen LogP contribution in [0, 0.1) is 0 Å². The molecule has 0 spiro atoms. The number of hydrogen-bond acceptors (Lipinski definition) is 4. The van der Waals surface area contributed by atoms with Crippen molar-refractivity contribution in [2.75, 3.05) is 6.61 Å². The van der Waals surface area contributed by atoms with Gasteiger partial charge in [-0.05, 0) is 82.6 Å². The fourth-order valence-corrected chi connectivity index (χ4v) is 16.6. The minimum atomic E-state index is -2.04. The van der Waals surface area contributed by atoms with Crippen LogP contribution < -0.4 is 4.74 Å². The van der Waals surface area contributed by atoms with E-state index in [-0.39, 0.29) is 5.56 Å². The molecule has 0 amide bonds. The molecule has 0 atom stereocenters. The zero-order chi connectivity index (χ0) is 21.4. The largest absolute Gasteiger partial charge is 0.494 e. The van der Waals surface area contributed by atoms with Crippen molar-refractivity contribution in [3.63, 3.8) is 0 Å². The van der Waals surface area contributed by atoms with Crippen molar-refractivity contribution in [1.82, 2.24) is 0 Å². The lowest BCUT2D eigenvalue weighted by atomic mass is 10.2. The van der Waals surface area contributed by atoms with Crippen molar-refractivity contribution in [2.24, 2.45) is 0 Å². The van der Waals surface area contributed by atoms with Gasteiger partial charge >= 0.3 is 14.5 Å². The zero-order valence-electron chi connectivity index (χ0n) is 18.6. The number of hydrogen-bond donors (Lipinski definition) is 1. The van der Waals surface area contributed by atoms with Gasteiger partial charge in [0.15, 0.2) is 16.6 Å². The molecule has 0 heterocycles. The molecule has 0 unspecified atom stereocenters. The summed E-state index contributed by atoms with van der Waals surface area (Å²) in [5, 5.41) is 8.89. The summed E-state index contributed by atoms with van der Waals surface area (Å²) in [5.41, 5.74) is 0.280. The molecule has 0 radical (unpaired) electrons. The van der Waals surface area contributed by atoms with Crippen LogP contribution in [0.4, 0.5) is 0 Å². The van der Waals surface area contributed by atoms with E-state index in [1.54, 1.807) is 24.3 Å². The van der Waals surface area contributed by atoms with Crippen molar-refractivity contribution in [3.05, 3.63) is 29.8 Å². The number of rotatable bonds is 13. The molecular weight excluding hydrogens is 404 g/mol. The van der Waals surface area contributed by atoms with Crippen LogP contribution in [0.1, 0.15) is 36.0 Å². The molecule has 8 heteroatoms. The molecule has 0 saturated carbocycles. The highest BCUT2D eigenvalue weighted by molar-refractivity contribution is 6.87. The highest BCUT2D eigenvalue weighted by Crippen LogP contribution is 2.24. The highest BCUT2D eigenvalue weighted by atomic mass is 28.5. The van der Waals surface area contributed by atoms with E-state index >= 15 is 0 Å². The van der Waals surface area contributed by atoms with Crippen LogP contribution in [0.15, 0.2) is 24.3 Å². The summed E-state index contributed by atoms with van der Waals surface area (Å²) in [4.78, 5) is 10.8. The Balaban J connectivity index is 2.21. The molecule has 0 fully saturated rings. The number of carbonyl (C=O) groups is 1. The molecule has 160 valence electrons. The minimum absolute atomic E-state index is 0.280. The molecule has 1 N–H and O–H groups in total. The first-order valence-electron chi connectivity index (χ1n) is 10.2. The van der Waals surface area contributed by atoms with E-state index in [1.807, 2.05) is 0 Å². The second kappa shape index (κ2) is 10.7. The normalized spacial score (nSPS) is 12.8. The molecular formula is C20H38O5Si3. The SMILES string of the molecule is C[Si](C)(C)O[Si](C)(C)O[Si](C)(C)CCCCCCOc1ccc(C(=O)O)cc1. The Labute approximate surface area is 173 Å². The summed E-state index contributed by atoms with van der Waals surface area (Å²) < 4.78 is 18.5. The third-order valence-corrected chi connectivity index (χ3v) is 14.3. The third kappa shape index (κ3) is 11.2. The van der Waals surface area contributed by atoms with E-state index < -0.39 is 31.2 Å². The maximum atomic E-state index is 10.8. The first-order chi connectivity index (χ1) is 12.8. The lowest BCUT2D eigenvalue weighted by molar-refractivity contribution is 0.0697. The smallest absolute Gasteiger partial charge is 0.335 e. The molecule has 1 aromatic carbocycles. The highest BCUT2D eigenvalue weighted by Gasteiger charge is 2.37. The Morgan fingerprint density at radius 3 is 1.96 bits per heavy atom. The molecule has 28 heavy (non-hydrogen) atoms. The maximum Gasteiger partial charge on any atom is 0.335 e. The van der Waals surface area contributed by atoms with Gasteiger partial charge in [-0.15, -0.1) is 0 Å². The molecule has 1 aromatic rings. The van der Waals surface area contributed by atoms with E-state index in [4.69, 9.17) is 18.1 Å². The summed E-state index contributed by atoms with van der Waals surface area (Å²) >= 11 is 0. The van der Waals surface area contributed by atoms with Crippen LogP contribution >= 0.6 is 0 Å². The Morgan fingerprint density at radius 1 is 0.857 bits per heavy atom. The van der Waals surface area contributed by atoms with Gasteiger partial charge in [0.25, 0.3) is 0 Å². The standard InChI is InChI=1S/C20H38O5Si3/c1-26(2,3)24-28(6,7)25-27(4,5)17-11-9-8-10-16-23-19-14-12-18(13-15-19)20(21)22/h12-15H,8-11,16-17H2,1-7H3,(H,21,22). The van der Waals surface area contributed by atoms with Gasteiger partial charge in [0.05, 0.1) is 12.2 Å². The van der Waals surface area contributed by atoms with Crippen molar-refractivity contribution >= 4 is 31.2 Å². The monoisotopic (exact) mass is 442 g/mol. The molecule has 0 aliphatic carbocycles. The van der Waals surface area contributed by atoms with Crippen molar-refractivity contribution in [2.45, 2.75) is 77.6 Å². The fourth-order valence-electron chi connectivity index (χ4n) is 3.36. The lowest BCUT2D eigenvalue weighted by Crippen LogP contribution is -2.51. The Morgan fingerprint density at radius 2 is 1.43 bits per heavy atom. The van der Waals surface area contributed by atoms with Crippen LogP contribution in [-0.2, 0) is 8.23 Å². The summed E-state index contributed by atoms with van der Waals surface area (Å²) in [7, 11) is -5.30. The van der Waals surface area contributed by atoms with Crippen molar-refractivity contribution in [1.29, 1.82) is 0 Å². The predicted octanol–water partition coefficient (Wildman–Crippen LogP) is 6.10. The van der Waals surface area contributed by atoms with Gasteiger partial charge in [-0.25, -0.2) is 4.79 Å². The average Bonchev–Trinajstić information content (AvgIpc) is 2.50. The molecule has 1 rings (SSSR count). The number of carboxylic acid groups (broad SMARTS) is 1. The predicted molar refractivity (Wildman–Crippen MR) is 123 cm³/mol. The van der Waals surface area contributed by atoms with E-state index in [0.29, 0.717) is 6.61 Å². The maximum absolute atomic E-state index is 10.8. The topological polar surface area (TPSA) is 65.0 Å². The van der Waals surface area contributed by atoms with E-state index in [2.05, 4.69) is 45.8 Å². The lowest BCUT2D eigenvalue weighted by Gasteiger charge is -2.37. The number of unbranched alkanes of at least 4 members (excludes halogenated alkanes) is 3. The molecule has 0 bridgehead atoms. The Bertz CT molecular complexity index is 609. The van der Waals surface area contributed by atoms with Gasteiger partial charge in [0.2, 0.25) is 0 Å². The number of carboxylic acids is 1. The number of ether oxygens (including phenoxy) is 1. The van der Waals surface area contributed by atoms with Gasteiger partial charge in [0, 0.05) is 0 Å². The van der Waals surface area contributed by atoms with Crippen LogP contribution in [0.25, 0.3) is 0 Å². The first-order valence-corrected chi connectivity index (χ1v) is 19.5. The fraction of sp³-hybridized carbons (Fsp3) is 0.650. The van der Waals surface area contributed by atoms with Crippen LogP contribution in [-0.4, -0.2) is 42.9 Å². The molecule has 0 aliphatic heterocycles. The Kier molecular flexibility index (Phi) is 9.62. The van der Waals surface area contributed by atoms with Gasteiger partial charge in [0.1, 0.15) is 5.75 Å². The van der Waals surface area contributed by atoms with E-state index in [0.717, 1.165) is 24.6 Å². The molecule has 5 nitrogen and oxygen atoms in total. The zero-order valence-corrected chi connectivity index (χ0v) is 21.6. The van der Waals surface area contributed by atoms with E-state index in [1.165, 1.54) is 12.8 Å². The Hall–Kier alpha value is -0.939. The molecule has 0 aliphatic rings. The minimum Gasteiger partial charge on any atom is -0.494 e. The number of aromatic carboxylic acids is 1. The second-order valence-electron chi connectivity index (χ2n) is 9.32. The van der Waals surface area contributed by atoms with Gasteiger partial charge in [-0.2, -0.15) is 0 Å². The summed E-state index contributed by atoms with van der Waals surface area (Å²) in [5.74, 6) is -0.193. The molecule has 0 saturated heterocycles. The quantitative estimate of drug-likeness (QED) is 0.295. The third-order valence-electron chi connectivity index (χ3n) is 4.12. The van der Waals surface area contributed by atoms with Crippen molar-refractivity contribution < 1.29 is 22.9 Å².